The summed E-state index contributed by atoms with van der Waals surface area (Å²) in [6.07, 6.45) is 5.97. The molecule has 0 radical (unpaired) electrons. The molecule has 30 heavy (non-hydrogen) atoms. The van der Waals surface area contributed by atoms with Crippen molar-refractivity contribution >= 4 is 11.9 Å². The second-order valence-corrected chi connectivity index (χ2v) is 7.44. The molecule has 0 aromatic rings. The van der Waals surface area contributed by atoms with Crippen LogP contribution in [0.1, 0.15) is 78.1 Å². The number of aliphatic hydroxyl groups excluding tert-OH is 2. The van der Waals surface area contributed by atoms with E-state index in [0.717, 1.165) is 38.5 Å². The fourth-order valence-electron chi connectivity index (χ4n) is 2.50. The molecular formula is C22H42O8. The smallest absolute Gasteiger partial charge is 0.305 e. The Bertz CT molecular complexity index is 378. The highest BCUT2D eigenvalue weighted by Gasteiger charge is 2.11. The average molecular weight is 435 g/mol. The lowest BCUT2D eigenvalue weighted by Gasteiger charge is -2.12. The van der Waals surface area contributed by atoms with Gasteiger partial charge in [0.25, 0.3) is 0 Å². The van der Waals surface area contributed by atoms with Gasteiger partial charge >= 0.3 is 11.9 Å². The van der Waals surface area contributed by atoms with Gasteiger partial charge in [-0.1, -0.05) is 39.5 Å². The van der Waals surface area contributed by atoms with E-state index in [9.17, 15) is 19.8 Å². The zero-order chi connectivity index (χ0) is 22.5. The SMILES string of the molecule is CCCCCOCC(O)COC(=O)CCCCC(=O)OCC(O)COCCCCC. The van der Waals surface area contributed by atoms with Crippen LogP contribution in [0.2, 0.25) is 0 Å². The third kappa shape index (κ3) is 20.1. The maximum Gasteiger partial charge on any atom is 0.305 e. The van der Waals surface area contributed by atoms with Crippen LogP contribution in [0.25, 0.3) is 0 Å². The van der Waals surface area contributed by atoms with Crippen molar-refractivity contribution in [3.8, 4) is 0 Å². The van der Waals surface area contributed by atoms with E-state index in [1.807, 2.05) is 0 Å². The van der Waals surface area contributed by atoms with Gasteiger partial charge in [-0.05, 0) is 25.7 Å². The minimum Gasteiger partial charge on any atom is -0.463 e. The van der Waals surface area contributed by atoms with E-state index in [1.54, 1.807) is 0 Å². The molecule has 0 fully saturated rings. The summed E-state index contributed by atoms with van der Waals surface area (Å²) in [5.74, 6) is -0.826. The minimum absolute atomic E-state index is 0.0902. The highest BCUT2D eigenvalue weighted by Crippen LogP contribution is 2.04. The average Bonchev–Trinajstić information content (AvgIpc) is 2.73. The van der Waals surface area contributed by atoms with Crippen LogP contribution in [0.4, 0.5) is 0 Å². The lowest BCUT2D eigenvalue weighted by Crippen LogP contribution is -2.24. The molecule has 0 spiro atoms. The lowest BCUT2D eigenvalue weighted by molar-refractivity contribution is -0.150. The maximum atomic E-state index is 11.7. The Morgan fingerprint density at radius 2 is 1.03 bits per heavy atom. The Hall–Kier alpha value is -1.22. The summed E-state index contributed by atoms with van der Waals surface area (Å²) in [5.41, 5.74) is 0. The first-order valence-corrected chi connectivity index (χ1v) is 11.3. The number of carbonyl (C=O) groups excluding carboxylic acids is 2. The maximum absolute atomic E-state index is 11.7. The van der Waals surface area contributed by atoms with E-state index < -0.39 is 24.1 Å². The molecule has 8 nitrogen and oxygen atoms in total. The van der Waals surface area contributed by atoms with Crippen molar-refractivity contribution in [3.05, 3.63) is 0 Å². The third-order valence-electron chi connectivity index (χ3n) is 4.29. The van der Waals surface area contributed by atoms with Crippen LogP contribution in [0.5, 0.6) is 0 Å². The van der Waals surface area contributed by atoms with Gasteiger partial charge in [-0.3, -0.25) is 9.59 Å². The molecule has 178 valence electrons. The van der Waals surface area contributed by atoms with Gasteiger partial charge in [0.2, 0.25) is 0 Å². The van der Waals surface area contributed by atoms with Gasteiger partial charge in [-0.15, -0.1) is 0 Å². The van der Waals surface area contributed by atoms with Gasteiger partial charge in [0.05, 0.1) is 13.2 Å². The van der Waals surface area contributed by atoms with E-state index >= 15 is 0 Å². The molecule has 0 amide bonds. The zero-order valence-corrected chi connectivity index (χ0v) is 18.8. The first kappa shape index (κ1) is 28.8. The van der Waals surface area contributed by atoms with E-state index in [1.165, 1.54) is 0 Å². The monoisotopic (exact) mass is 434 g/mol. The summed E-state index contributed by atoms with van der Waals surface area (Å²) in [5, 5.41) is 19.4. The van der Waals surface area contributed by atoms with Gasteiger partial charge in [-0.25, -0.2) is 0 Å². The fraction of sp³-hybridized carbons (Fsp3) is 0.909. The van der Waals surface area contributed by atoms with Crippen molar-refractivity contribution in [2.24, 2.45) is 0 Å². The third-order valence-corrected chi connectivity index (χ3v) is 4.29. The second-order valence-electron chi connectivity index (χ2n) is 7.44. The zero-order valence-electron chi connectivity index (χ0n) is 18.8. The van der Waals surface area contributed by atoms with Crippen molar-refractivity contribution in [1.29, 1.82) is 0 Å². The molecule has 0 bridgehead atoms. The van der Waals surface area contributed by atoms with Crippen LogP contribution in [0.15, 0.2) is 0 Å². The Kier molecular flexibility index (Phi) is 20.2. The highest BCUT2D eigenvalue weighted by molar-refractivity contribution is 5.70. The molecule has 2 N–H and O–H groups in total. The number of aliphatic hydroxyl groups is 2. The van der Waals surface area contributed by atoms with Crippen LogP contribution in [0, 0.1) is 0 Å². The Labute approximate surface area is 181 Å². The largest absolute Gasteiger partial charge is 0.463 e. The van der Waals surface area contributed by atoms with Crippen LogP contribution in [-0.4, -0.2) is 74.0 Å². The number of ether oxygens (including phenoxy) is 4. The molecule has 0 aliphatic carbocycles. The number of carbonyl (C=O) groups is 2. The van der Waals surface area contributed by atoms with E-state index in [-0.39, 0.29) is 39.3 Å². The van der Waals surface area contributed by atoms with Crippen molar-refractivity contribution in [2.45, 2.75) is 90.3 Å². The number of hydrogen-bond donors (Lipinski definition) is 2. The molecule has 0 rings (SSSR count). The Morgan fingerprint density at radius 1 is 0.633 bits per heavy atom. The summed E-state index contributed by atoms with van der Waals surface area (Å²) in [7, 11) is 0. The molecule has 2 unspecified atom stereocenters. The van der Waals surface area contributed by atoms with Crippen molar-refractivity contribution < 1.29 is 38.7 Å². The number of hydrogen-bond acceptors (Lipinski definition) is 8. The molecule has 0 aliphatic rings. The van der Waals surface area contributed by atoms with E-state index in [2.05, 4.69) is 13.8 Å². The molecule has 0 saturated heterocycles. The van der Waals surface area contributed by atoms with Gasteiger partial charge in [0.15, 0.2) is 0 Å². The van der Waals surface area contributed by atoms with Crippen LogP contribution in [0.3, 0.4) is 0 Å². The molecular weight excluding hydrogens is 392 g/mol. The molecule has 0 aromatic carbocycles. The van der Waals surface area contributed by atoms with Gasteiger partial charge < -0.3 is 29.2 Å². The van der Waals surface area contributed by atoms with Crippen LogP contribution < -0.4 is 0 Å². The predicted octanol–water partition coefficient (Wildman–Crippen LogP) is 2.77. The molecule has 0 aromatic heterocycles. The molecule has 8 heteroatoms. The van der Waals surface area contributed by atoms with Gasteiger partial charge in [0.1, 0.15) is 25.4 Å². The summed E-state index contributed by atoms with van der Waals surface area (Å²) in [6, 6.07) is 0. The topological polar surface area (TPSA) is 112 Å². The summed E-state index contributed by atoms with van der Waals surface area (Å²) >= 11 is 0. The normalized spacial score (nSPS) is 13.1. The first-order chi connectivity index (χ1) is 14.5. The number of esters is 2. The van der Waals surface area contributed by atoms with E-state index in [0.29, 0.717) is 26.1 Å². The minimum atomic E-state index is -0.826. The number of unbranched alkanes of at least 4 members (excludes halogenated alkanes) is 5. The lowest BCUT2D eigenvalue weighted by atomic mass is 10.2. The van der Waals surface area contributed by atoms with Crippen molar-refractivity contribution in [1.82, 2.24) is 0 Å². The fourth-order valence-corrected chi connectivity index (χ4v) is 2.50. The Balaban J connectivity index is 3.55. The van der Waals surface area contributed by atoms with Crippen molar-refractivity contribution in [3.63, 3.8) is 0 Å². The standard InChI is InChI=1S/C22H42O8/c1-3-5-9-13-27-15-19(23)17-29-21(25)11-7-8-12-22(26)30-18-20(24)16-28-14-10-6-4-2/h19-20,23-24H,3-18H2,1-2H3. The molecule has 0 saturated carbocycles. The molecule has 0 heterocycles. The van der Waals surface area contributed by atoms with Crippen LogP contribution in [-0.2, 0) is 28.5 Å². The predicted molar refractivity (Wildman–Crippen MR) is 113 cm³/mol. The summed E-state index contributed by atoms with van der Waals surface area (Å²) in [6.45, 7) is 5.52. The summed E-state index contributed by atoms with van der Waals surface area (Å²) in [4.78, 5) is 23.3. The van der Waals surface area contributed by atoms with E-state index in [4.69, 9.17) is 18.9 Å². The Morgan fingerprint density at radius 3 is 1.40 bits per heavy atom. The number of rotatable bonds is 21. The van der Waals surface area contributed by atoms with Gasteiger partial charge in [-0.2, -0.15) is 0 Å². The first-order valence-electron chi connectivity index (χ1n) is 11.3. The quantitative estimate of drug-likeness (QED) is 0.210. The summed E-state index contributed by atoms with van der Waals surface area (Å²) < 4.78 is 20.6. The molecule has 2 atom stereocenters. The second kappa shape index (κ2) is 21.0. The van der Waals surface area contributed by atoms with Crippen molar-refractivity contribution in [2.75, 3.05) is 39.6 Å². The molecule has 0 aliphatic heterocycles. The van der Waals surface area contributed by atoms with Gasteiger partial charge in [0, 0.05) is 26.1 Å². The highest BCUT2D eigenvalue weighted by atomic mass is 16.6. The van der Waals surface area contributed by atoms with Crippen LogP contribution >= 0.6 is 0 Å².